The molecule has 0 atom stereocenters. The molecule has 0 unspecified atom stereocenters. The van der Waals surface area contributed by atoms with E-state index < -0.39 is 13.7 Å². The third kappa shape index (κ3) is 4.11. The van der Waals surface area contributed by atoms with E-state index in [1.807, 2.05) is 17.0 Å². The van der Waals surface area contributed by atoms with Crippen molar-refractivity contribution in [3.8, 4) is 0 Å². The Hall–Kier alpha value is -1.47. The van der Waals surface area contributed by atoms with Crippen LogP contribution in [0.3, 0.4) is 0 Å². The maximum atomic E-state index is 13.5. The van der Waals surface area contributed by atoms with Crippen LogP contribution in [0.25, 0.3) is 0 Å². The molecule has 7 aliphatic rings. The second-order valence-electron chi connectivity index (χ2n) is 11.4. The number of hydroxylamine groups is 2. The van der Waals surface area contributed by atoms with Gasteiger partial charge in [-0.2, -0.15) is 4.62 Å². The molecular weight excluding hydrogens is 453 g/mol. The molecule has 186 valence electrons. The molecule has 34 heavy (non-hydrogen) atoms. The van der Waals surface area contributed by atoms with Crippen LogP contribution >= 0.6 is 7.82 Å². The van der Waals surface area contributed by atoms with Crippen molar-refractivity contribution in [2.75, 3.05) is 13.1 Å². The Balaban J connectivity index is 1.09. The summed E-state index contributed by atoms with van der Waals surface area (Å²) in [5, 5.41) is 1.11. The number of hydrogen-bond donors (Lipinski definition) is 0. The van der Waals surface area contributed by atoms with Crippen LogP contribution in [0.15, 0.2) is 24.5 Å². The monoisotopic (exact) mass is 489 g/mol. The van der Waals surface area contributed by atoms with Crippen LogP contribution in [0.4, 0.5) is 4.79 Å². The Morgan fingerprint density at radius 1 is 1.09 bits per heavy atom. The first-order valence-electron chi connectivity index (χ1n) is 13.1. The van der Waals surface area contributed by atoms with Crippen molar-refractivity contribution in [3.05, 3.63) is 30.1 Å². The number of carbonyl (C=O) groups is 1. The van der Waals surface area contributed by atoms with E-state index in [1.165, 1.54) is 44.9 Å². The second-order valence-corrected chi connectivity index (χ2v) is 12.8. The lowest BCUT2D eigenvalue weighted by Crippen LogP contribution is -2.54. The molecule has 8 rings (SSSR count). The normalized spacial score (nSPS) is 39.3. The zero-order valence-electron chi connectivity index (χ0n) is 20.1. The Kier molecular flexibility index (Phi) is 5.79. The lowest BCUT2D eigenvalue weighted by molar-refractivity contribution is -0.260. The smallest absolute Gasteiger partial charge is 0.323 e. The average Bonchev–Trinajstić information content (AvgIpc) is 3.24. The fraction of sp³-hybridized carbons (Fsp3) is 0.760. The van der Waals surface area contributed by atoms with Crippen LogP contribution in [0.2, 0.25) is 0 Å². The number of carbonyl (C=O) groups excluding carboxylic acids is 1. The number of aromatic nitrogens is 1. The number of phosphoric acid groups is 1. The van der Waals surface area contributed by atoms with Gasteiger partial charge in [0.25, 0.3) is 5.91 Å². The van der Waals surface area contributed by atoms with E-state index in [0.29, 0.717) is 31.3 Å². The molecule has 8 nitrogen and oxygen atoms in total. The number of urea groups is 1. The largest absolute Gasteiger partial charge is 0.504 e. The predicted octanol–water partition coefficient (Wildman–Crippen LogP) is 5.90. The molecule has 4 heterocycles. The fourth-order valence-electron chi connectivity index (χ4n) is 7.79. The minimum absolute atomic E-state index is 0.308. The quantitative estimate of drug-likeness (QED) is 0.402. The maximum absolute atomic E-state index is 13.5. The third-order valence-electron chi connectivity index (χ3n) is 8.72. The van der Waals surface area contributed by atoms with Gasteiger partial charge in [-0.1, -0.05) is 6.92 Å². The SMILES string of the molecule is CCCN(CCCC12CC3CC(CC(C3)C1)C2)C(=O)N1OP2(=O)OC1(CCc1ccncc1)O2. The van der Waals surface area contributed by atoms with Crippen molar-refractivity contribution in [1.29, 1.82) is 0 Å². The predicted molar refractivity (Wildman–Crippen MR) is 125 cm³/mol. The van der Waals surface area contributed by atoms with E-state index in [4.69, 9.17) is 13.7 Å². The number of pyridine rings is 1. The van der Waals surface area contributed by atoms with E-state index in [9.17, 15) is 9.36 Å². The van der Waals surface area contributed by atoms with Gasteiger partial charge in [-0.25, -0.2) is 18.4 Å². The fourth-order valence-corrected chi connectivity index (χ4v) is 9.30. The molecule has 0 N–H and O–H groups in total. The van der Waals surface area contributed by atoms with Crippen molar-refractivity contribution >= 4 is 13.9 Å². The molecule has 0 aromatic carbocycles. The lowest BCUT2D eigenvalue weighted by atomic mass is 9.48. The van der Waals surface area contributed by atoms with Crippen molar-refractivity contribution < 1.29 is 23.0 Å². The van der Waals surface area contributed by atoms with Gasteiger partial charge >= 0.3 is 13.9 Å². The van der Waals surface area contributed by atoms with Gasteiger partial charge in [-0.05, 0) is 105 Å². The number of hydrogen-bond acceptors (Lipinski definition) is 6. The number of nitrogens with zero attached hydrogens (tertiary/aromatic N) is 3. The average molecular weight is 490 g/mol. The van der Waals surface area contributed by atoms with Crippen molar-refractivity contribution in [1.82, 2.24) is 14.9 Å². The Morgan fingerprint density at radius 2 is 1.74 bits per heavy atom. The summed E-state index contributed by atoms with van der Waals surface area (Å²) in [5.74, 6) is 1.42. The van der Waals surface area contributed by atoms with Gasteiger partial charge in [0.2, 0.25) is 0 Å². The van der Waals surface area contributed by atoms with Crippen LogP contribution < -0.4 is 0 Å². The first kappa shape index (κ1) is 23.0. The first-order chi connectivity index (χ1) is 16.4. The van der Waals surface area contributed by atoms with Crippen molar-refractivity contribution in [2.24, 2.45) is 23.2 Å². The molecule has 4 saturated carbocycles. The van der Waals surface area contributed by atoms with E-state index in [1.54, 1.807) is 12.4 Å². The van der Waals surface area contributed by atoms with Crippen LogP contribution in [0.5, 0.6) is 0 Å². The summed E-state index contributed by atoms with van der Waals surface area (Å²) in [6, 6.07) is 3.51. The molecule has 6 bridgehead atoms. The molecular formula is C25H36N3O5P. The van der Waals surface area contributed by atoms with E-state index in [2.05, 4.69) is 11.9 Å². The minimum atomic E-state index is -3.65. The second kappa shape index (κ2) is 8.58. The Labute approximate surface area is 201 Å². The van der Waals surface area contributed by atoms with Gasteiger partial charge in [0.1, 0.15) is 0 Å². The van der Waals surface area contributed by atoms with E-state index in [-0.39, 0.29) is 6.03 Å². The van der Waals surface area contributed by atoms with Gasteiger partial charge in [0, 0.05) is 31.9 Å². The molecule has 1 aromatic heterocycles. The lowest BCUT2D eigenvalue weighted by Gasteiger charge is -2.57. The van der Waals surface area contributed by atoms with E-state index in [0.717, 1.165) is 41.2 Å². The number of fused-ring (bicyclic) bond motifs is 1. The van der Waals surface area contributed by atoms with Gasteiger partial charge in [0.05, 0.1) is 0 Å². The van der Waals surface area contributed by atoms with Crippen LogP contribution in [-0.2, 0) is 24.7 Å². The summed E-state index contributed by atoms with van der Waals surface area (Å²) in [4.78, 5) is 19.4. The van der Waals surface area contributed by atoms with Crippen LogP contribution in [0, 0.1) is 23.2 Å². The molecule has 7 fully saturated rings. The Morgan fingerprint density at radius 3 is 2.35 bits per heavy atom. The highest BCUT2D eigenvalue weighted by Crippen LogP contribution is 2.74. The Bertz CT molecular complexity index is 927. The van der Waals surface area contributed by atoms with Gasteiger partial charge in [-0.3, -0.25) is 4.98 Å². The van der Waals surface area contributed by atoms with Crippen molar-refractivity contribution in [3.63, 3.8) is 0 Å². The summed E-state index contributed by atoms with van der Waals surface area (Å²) >= 11 is 0. The third-order valence-corrected chi connectivity index (χ3v) is 10.1. The van der Waals surface area contributed by atoms with Crippen LogP contribution in [0.1, 0.15) is 76.7 Å². The molecule has 0 radical (unpaired) electrons. The first-order valence-corrected chi connectivity index (χ1v) is 14.6. The number of amides is 2. The standard InChI is InChI=1S/C25H36N3O5P/c1-2-11-27(12-3-7-24-16-20-13-21(17-24)15-22(14-20)18-24)23(29)28-25(31-34(30,32-25)33-28)8-4-19-5-9-26-10-6-19/h5-6,9-10,20-22H,2-4,7-8,11-18H2,1H3. The highest BCUT2D eigenvalue weighted by Gasteiger charge is 2.72. The number of rotatable bonds is 9. The molecule has 1 aromatic rings. The molecule has 2 amide bonds. The summed E-state index contributed by atoms with van der Waals surface area (Å²) in [5.41, 5.74) is 1.54. The topological polar surface area (TPSA) is 81.2 Å². The molecule has 3 aliphatic heterocycles. The molecule has 0 spiro atoms. The van der Waals surface area contributed by atoms with Crippen LogP contribution in [-0.4, -0.2) is 40.0 Å². The minimum Gasteiger partial charge on any atom is -0.323 e. The zero-order valence-corrected chi connectivity index (χ0v) is 21.0. The highest BCUT2D eigenvalue weighted by atomic mass is 31.2. The summed E-state index contributed by atoms with van der Waals surface area (Å²) in [7, 11) is -3.65. The van der Waals surface area contributed by atoms with Crippen molar-refractivity contribution in [2.45, 2.75) is 83.5 Å². The molecule has 3 saturated heterocycles. The maximum Gasteiger partial charge on any atom is 0.504 e. The van der Waals surface area contributed by atoms with E-state index >= 15 is 0 Å². The van der Waals surface area contributed by atoms with Gasteiger partial charge in [-0.15, -0.1) is 5.06 Å². The number of phosphoric ester groups is 1. The molecule has 9 heteroatoms. The van der Waals surface area contributed by atoms with Gasteiger partial charge in [0.15, 0.2) is 0 Å². The highest BCUT2D eigenvalue weighted by molar-refractivity contribution is 7.50. The summed E-state index contributed by atoms with van der Waals surface area (Å²) in [6.07, 6.45) is 15.9. The number of aryl methyl sites for hydroxylation is 1. The van der Waals surface area contributed by atoms with Gasteiger partial charge < -0.3 is 4.90 Å². The summed E-state index contributed by atoms with van der Waals surface area (Å²) < 4.78 is 29.0. The zero-order chi connectivity index (χ0) is 23.4. The summed E-state index contributed by atoms with van der Waals surface area (Å²) in [6.45, 7) is 3.38. The molecule has 4 aliphatic carbocycles.